The highest BCUT2D eigenvalue weighted by atomic mass is 79.9. The Morgan fingerprint density at radius 1 is 1.31 bits per heavy atom. The summed E-state index contributed by atoms with van der Waals surface area (Å²) in [5.41, 5.74) is 0.449. The van der Waals surface area contributed by atoms with Crippen molar-refractivity contribution in [3.05, 3.63) is 34.3 Å². The van der Waals surface area contributed by atoms with Gasteiger partial charge in [-0.2, -0.15) is 0 Å². The van der Waals surface area contributed by atoms with Crippen LogP contribution in [0.2, 0.25) is 0 Å². The molecule has 1 unspecified atom stereocenters. The summed E-state index contributed by atoms with van der Waals surface area (Å²) in [6.45, 7) is 3.60. The van der Waals surface area contributed by atoms with Crippen molar-refractivity contribution in [3.8, 4) is 0 Å². The van der Waals surface area contributed by atoms with Crippen LogP contribution in [0.3, 0.4) is 0 Å². The number of hydrogen-bond acceptors (Lipinski definition) is 3. The highest BCUT2D eigenvalue weighted by molar-refractivity contribution is 9.10. The molecule has 0 saturated heterocycles. The zero-order chi connectivity index (χ0) is 12.2. The lowest BCUT2D eigenvalue weighted by Gasteiger charge is -2.30. The number of hydrogen-bond donors (Lipinski definition) is 3. The predicted octanol–water partition coefficient (Wildman–Crippen LogP) is 1.84. The minimum atomic E-state index is -0.658. The minimum absolute atomic E-state index is 0.0554. The maximum absolute atomic E-state index is 9.22. The molecule has 0 fully saturated rings. The number of rotatable bonds is 5. The molecule has 1 aromatic rings. The SMILES string of the molecule is CC(NC(C)(CO)CO)c1ccccc1Br. The molecule has 4 heteroatoms. The predicted molar refractivity (Wildman–Crippen MR) is 68.3 cm³/mol. The normalized spacial score (nSPS) is 13.8. The van der Waals surface area contributed by atoms with Crippen LogP contribution in [0.15, 0.2) is 28.7 Å². The molecule has 0 aliphatic rings. The van der Waals surface area contributed by atoms with Gasteiger partial charge in [-0.15, -0.1) is 0 Å². The number of aliphatic hydroxyl groups is 2. The topological polar surface area (TPSA) is 52.5 Å². The van der Waals surface area contributed by atoms with Crippen molar-refractivity contribution >= 4 is 15.9 Å². The Labute approximate surface area is 105 Å². The monoisotopic (exact) mass is 287 g/mol. The molecule has 16 heavy (non-hydrogen) atoms. The van der Waals surface area contributed by atoms with Gasteiger partial charge in [0.25, 0.3) is 0 Å². The summed E-state index contributed by atoms with van der Waals surface area (Å²) in [6.07, 6.45) is 0. The molecule has 0 spiro atoms. The summed E-state index contributed by atoms with van der Waals surface area (Å²) >= 11 is 3.48. The first kappa shape index (κ1) is 13.6. The van der Waals surface area contributed by atoms with E-state index >= 15 is 0 Å². The number of benzene rings is 1. The van der Waals surface area contributed by atoms with E-state index in [1.54, 1.807) is 6.92 Å². The smallest absolute Gasteiger partial charge is 0.0633 e. The van der Waals surface area contributed by atoms with Crippen LogP contribution in [0.1, 0.15) is 25.5 Å². The molecule has 0 amide bonds. The van der Waals surface area contributed by atoms with Gasteiger partial charge in [0.1, 0.15) is 0 Å². The first-order chi connectivity index (χ1) is 7.52. The average molecular weight is 288 g/mol. The zero-order valence-corrected chi connectivity index (χ0v) is 11.2. The fourth-order valence-corrected chi connectivity index (χ4v) is 2.20. The summed E-state index contributed by atoms with van der Waals surface area (Å²) in [5.74, 6) is 0. The summed E-state index contributed by atoms with van der Waals surface area (Å²) in [7, 11) is 0. The van der Waals surface area contributed by atoms with Crippen LogP contribution in [-0.4, -0.2) is 29.0 Å². The van der Waals surface area contributed by atoms with Crippen molar-refractivity contribution in [2.75, 3.05) is 13.2 Å². The summed E-state index contributed by atoms with van der Waals surface area (Å²) in [5, 5.41) is 21.7. The van der Waals surface area contributed by atoms with Gasteiger partial charge in [0.05, 0.1) is 18.8 Å². The summed E-state index contributed by atoms with van der Waals surface area (Å²) < 4.78 is 1.02. The van der Waals surface area contributed by atoms with Crippen LogP contribution in [0, 0.1) is 0 Å². The molecule has 0 bridgehead atoms. The van der Waals surface area contributed by atoms with Crippen LogP contribution in [0.25, 0.3) is 0 Å². The van der Waals surface area contributed by atoms with Gasteiger partial charge in [-0.05, 0) is 25.5 Å². The third-order valence-corrected chi connectivity index (χ3v) is 3.36. The lowest BCUT2D eigenvalue weighted by atomic mass is 10.0. The maximum Gasteiger partial charge on any atom is 0.0633 e. The molecular weight excluding hydrogens is 270 g/mol. The molecule has 0 saturated carbocycles. The quantitative estimate of drug-likeness (QED) is 0.775. The molecule has 0 radical (unpaired) electrons. The van der Waals surface area contributed by atoms with Gasteiger partial charge in [0, 0.05) is 10.5 Å². The van der Waals surface area contributed by atoms with E-state index in [0.717, 1.165) is 10.0 Å². The van der Waals surface area contributed by atoms with Gasteiger partial charge in [0.15, 0.2) is 0 Å². The van der Waals surface area contributed by atoms with E-state index in [1.165, 1.54) is 0 Å². The van der Waals surface area contributed by atoms with Crippen molar-refractivity contribution in [1.29, 1.82) is 0 Å². The van der Waals surface area contributed by atoms with Crippen LogP contribution in [0.4, 0.5) is 0 Å². The molecule has 1 aromatic carbocycles. The van der Waals surface area contributed by atoms with Gasteiger partial charge in [-0.25, -0.2) is 0 Å². The van der Waals surface area contributed by atoms with E-state index in [0.29, 0.717) is 0 Å². The van der Waals surface area contributed by atoms with Crippen molar-refractivity contribution in [1.82, 2.24) is 5.32 Å². The van der Waals surface area contributed by atoms with Crippen LogP contribution < -0.4 is 5.32 Å². The lowest BCUT2D eigenvalue weighted by Crippen LogP contribution is -2.49. The van der Waals surface area contributed by atoms with Crippen LogP contribution >= 0.6 is 15.9 Å². The molecule has 0 aliphatic carbocycles. The van der Waals surface area contributed by atoms with Gasteiger partial charge in [0.2, 0.25) is 0 Å². The van der Waals surface area contributed by atoms with Gasteiger partial charge < -0.3 is 15.5 Å². The molecule has 1 atom stereocenters. The van der Waals surface area contributed by atoms with E-state index in [-0.39, 0.29) is 19.3 Å². The van der Waals surface area contributed by atoms with E-state index in [2.05, 4.69) is 21.2 Å². The molecular formula is C12H18BrNO2. The number of aliphatic hydroxyl groups excluding tert-OH is 2. The van der Waals surface area contributed by atoms with E-state index < -0.39 is 5.54 Å². The first-order valence-electron chi connectivity index (χ1n) is 5.26. The second-order valence-electron chi connectivity index (χ2n) is 4.26. The maximum atomic E-state index is 9.22. The zero-order valence-electron chi connectivity index (χ0n) is 9.57. The molecule has 90 valence electrons. The summed E-state index contributed by atoms with van der Waals surface area (Å²) in [4.78, 5) is 0. The van der Waals surface area contributed by atoms with Crippen molar-refractivity contribution < 1.29 is 10.2 Å². The second kappa shape index (κ2) is 5.77. The second-order valence-corrected chi connectivity index (χ2v) is 5.12. The number of halogens is 1. The molecule has 3 nitrogen and oxygen atoms in total. The third-order valence-electron chi connectivity index (χ3n) is 2.63. The van der Waals surface area contributed by atoms with E-state index in [9.17, 15) is 10.2 Å². The fourth-order valence-electron chi connectivity index (χ4n) is 1.57. The Bertz CT molecular complexity index is 340. The molecule has 3 N–H and O–H groups in total. The Morgan fingerprint density at radius 2 is 1.88 bits per heavy atom. The Hall–Kier alpha value is -0.420. The van der Waals surface area contributed by atoms with Gasteiger partial charge >= 0.3 is 0 Å². The van der Waals surface area contributed by atoms with Crippen molar-refractivity contribution in [2.45, 2.75) is 25.4 Å². The van der Waals surface area contributed by atoms with E-state index in [1.807, 2.05) is 31.2 Å². The molecule has 0 aromatic heterocycles. The van der Waals surface area contributed by atoms with Crippen molar-refractivity contribution in [3.63, 3.8) is 0 Å². The Kier molecular flexibility index (Phi) is 4.92. The largest absolute Gasteiger partial charge is 0.394 e. The Morgan fingerprint density at radius 3 is 2.38 bits per heavy atom. The standard InChI is InChI=1S/C12H18BrNO2/c1-9(14-12(2,7-15)8-16)10-5-3-4-6-11(10)13/h3-6,9,14-16H,7-8H2,1-2H3. The third kappa shape index (κ3) is 3.28. The number of nitrogens with one attached hydrogen (secondary N) is 1. The lowest BCUT2D eigenvalue weighted by molar-refractivity contribution is 0.0957. The highest BCUT2D eigenvalue weighted by Gasteiger charge is 2.25. The minimum Gasteiger partial charge on any atom is -0.394 e. The average Bonchev–Trinajstić information content (AvgIpc) is 2.29. The van der Waals surface area contributed by atoms with E-state index in [4.69, 9.17) is 0 Å². The highest BCUT2D eigenvalue weighted by Crippen LogP contribution is 2.24. The van der Waals surface area contributed by atoms with Gasteiger partial charge in [-0.3, -0.25) is 0 Å². The van der Waals surface area contributed by atoms with Crippen LogP contribution in [0.5, 0.6) is 0 Å². The first-order valence-corrected chi connectivity index (χ1v) is 6.05. The van der Waals surface area contributed by atoms with Crippen LogP contribution in [-0.2, 0) is 0 Å². The fraction of sp³-hybridized carbons (Fsp3) is 0.500. The Balaban J connectivity index is 2.80. The molecule has 0 aliphatic heterocycles. The van der Waals surface area contributed by atoms with Crippen molar-refractivity contribution in [2.24, 2.45) is 0 Å². The molecule has 0 heterocycles. The molecule has 1 rings (SSSR count). The van der Waals surface area contributed by atoms with Gasteiger partial charge in [-0.1, -0.05) is 34.1 Å². The summed E-state index contributed by atoms with van der Waals surface area (Å²) in [6, 6.07) is 7.96.